The Morgan fingerprint density at radius 2 is 0.700 bits per heavy atom. The van der Waals surface area contributed by atoms with Crippen molar-refractivity contribution in [2.24, 2.45) is 0 Å². The predicted molar refractivity (Wildman–Crippen MR) is 297 cm³/mol. The minimum Gasteiger partial charge on any atom is -0.491 e. The summed E-state index contributed by atoms with van der Waals surface area (Å²) in [6, 6.07) is 47.4. The van der Waals surface area contributed by atoms with E-state index < -0.39 is 59.6 Å². The Hall–Kier alpha value is -7.56. The van der Waals surface area contributed by atoms with Gasteiger partial charge in [0.2, 0.25) is 25.1 Å². The van der Waals surface area contributed by atoms with Crippen molar-refractivity contribution < 1.29 is 62.1 Å². The summed E-state index contributed by atoms with van der Waals surface area (Å²) >= 11 is 0. The molecule has 0 heterocycles. The van der Waals surface area contributed by atoms with Crippen LogP contribution in [0.15, 0.2) is 214 Å². The standard InChI is InChI=1S/C64H60F6O8S2/c1-9-61(8,60(6,7)78-55-24-12-46(13-25-55)45-10-22-51(23-11-45)76-53-30-38-58(39-31-53)79(71,72)56-34-14-44(15-35-56)42(2)3)47-20-36-57(37-21-47)80(73,74)59-40-32-54(33-41-59)77-52-28-18-49(19-29-52)62(63(65,66)67,64(68,69)70)48-16-26-50(27-17-48)75-43(4)5/h10-43H,9H2,1-8H3. The van der Waals surface area contributed by atoms with Gasteiger partial charge < -0.3 is 18.9 Å². The lowest BCUT2D eigenvalue weighted by atomic mass is 9.68. The van der Waals surface area contributed by atoms with Crippen LogP contribution >= 0.6 is 0 Å². The summed E-state index contributed by atoms with van der Waals surface area (Å²) in [5.74, 6) is 2.09. The molecule has 0 aliphatic carbocycles. The van der Waals surface area contributed by atoms with Gasteiger partial charge in [0, 0.05) is 5.41 Å². The second-order valence-corrected chi connectivity index (χ2v) is 24.6. The van der Waals surface area contributed by atoms with Crippen molar-refractivity contribution in [2.45, 2.75) is 122 Å². The third kappa shape index (κ3) is 11.8. The zero-order valence-corrected chi connectivity index (χ0v) is 46.8. The number of hydrogen-bond acceptors (Lipinski definition) is 8. The Morgan fingerprint density at radius 1 is 0.400 bits per heavy atom. The summed E-state index contributed by atoms with van der Waals surface area (Å²) in [5, 5.41) is 0. The van der Waals surface area contributed by atoms with Gasteiger partial charge in [0.15, 0.2) is 0 Å². The highest BCUT2D eigenvalue weighted by atomic mass is 32.2. The minimum absolute atomic E-state index is 0.0173. The van der Waals surface area contributed by atoms with E-state index in [0.29, 0.717) is 35.8 Å². The van der Waals surface area contributed by atoms with Crippen molar-refractivity contribution in [2.75, 3.05) is 0 Å². The van der Waals surface area contributed by atoms with Crippen molar-refractivity contribution in [3.63, 3.8) is 0 Å². The van der Waals surface area contributed by atoms with Gasteiger partial charge in [0.25, 0.3) is 0 Å². The molecule has 16 heteroatoms. The van der Waals surface area contributed by atoms with Gasteiger partial charge in [0.1, 0.15) is 40.1 Å². The molecular formula is C64H60F6O8S2. The Labute approximate surface area is 463 Å². The molecule has 418 valence electrons. The number of rotatable bonds is 19. The van der Waals surface area contributed by atoms with Crippen LogP contribution in [0.4, 0.5) is 26.3 Å². The molecule has 8 aromatic rings. The summed E-state index contributed by atoms with van der Waals surface area (Å²) in [6.45, 7) is 15.5. The summed E-state index contributed by atoms with van der Waals surface area (Å²) in [7, 11) is -7.76. The molecule has 0 aromatic heterocycles. The van der Waals surface area contributed by atoms with E-state index in [-0.39, 0.29) is 48.9 Å². The normalized spacial score (nSPS) is 13.4. The van der Waals surface area contributed by atoms with Crippen LogP contribution in [-0.4, -0.2) is 40.9 Å². The molecule has 0 spiro atoms. The summed E-state index contributed by atoms with van der Waals surface area (Å²) in [6.07, 6.45) is -11.3. The number of sulfone groups is 2. The quantitative estimate of drug-likeness (QED) is 0.0738. The van der Waals surface area contributed by atoms with E-state index in [9.17, 15) is 43.2 Å². The minimum atomic E-state index is -5.79. The maximum Gasteiger partial charge on any atom is 0.411 e. The fourth-order valence-corrected chi connectivity index (χ4v) is 12.1. The van der Waals surface area contributed by atoms with Gasteiger partial charge in [0.05, 0.1) is 25.7 Å². The third-order valence-electron chi connectivity index (χ3n) is 14.6. The van der Waals surface area contributed by atoms with Crippen LogP contribution in [0.2, 0.25) is 0 Å². The molecule has 1 atom stereocenters. The van der Waals surface area contributed by atoms with E-state index >= 15 is 0 Å². The van der Waals surface area contributed by atoms with Crippen LogP contribution in [0.25, 0.3) is 11.1 Å². The van der Waals surface area contributed by atoms with Crippen LogP contribution in [0.1, 0.15) is 90.0 Å². The van der Waals surface area contributed by atoms with E-state index in [1.54, 1.807) is 50.2 Å². The number of ether oxygens (including phenoxy) is 4. The fraction of sp³-hybridized carbons (Fsp3) is 0.250. The molecule has 0 amide bonds. The van der Waals surface area contributed by atoms with Crippen molar-refractivity contribution in [3.8, 4) is 45.6 Å². The van der Waals surface area contributed by atoms with Gasteiger partial charge in [-0.15, -0.1) is 0 Å². The molecule has 1 unspecified atom stereocenters. The lowest BCUT2D eigenvalue weighted by Gasteiger charge is -2.44. The lowest BCUT2D eigenvalue weighted by Crippen LogP contribution is -2.54. The van der Waals surface area contributed by atoms with E-state index in [1.807, 2.05) is 81.4 Å². The highest BCUT2D eigenvalue weighted by molar-refractivity contribution is 7.91. The first-order valence-corrected chi connectivity index (χ1v) is 28.7. The summed E-state index contributed by atoms with van der Waals surface area (Å²) in [5.41, 5.74) is -4.13. The lowest BCUT2D eigenvalue weighted by molar-refractivity contribution is -0.288. The molecule has 0 aliphatic rings. The van der Waals surface area contributed by atoms with Crippen molar-refractivity contribution in [3.05, 3.63) is 216 Å². The largest absolute Gasteiger partial charge is 0.491 e. The van der Waals surface area contributed by atoms with Crippen LogP contribution in [-0.2, 0) is 30.5 Å². The molecule has 0 fully saturated rings. The van der Waals surface area contributed by atoms with Gasteiger partial charge >= 0.3 is 12.4 Å². The number of alkyl halides is 6. The van der Waals surface area contributed by atoms with Gasteiger partial charge in [-0.3, -0.25) is 0 Å². The van der Waals surface area contributed by atoms with E-state index in [2.05, 4.69) is 20.8 Å². The van der Waals surface area contributed by atoms with Crippen LogP contribution in [0.5, 0.6) is 34.5 Å². The molecule has 8 nitrogen and oxygen atoms in total. The fourth-order valence-electron chi connectivity index (χ4n) is 9.58. The molecule has 0 bridgehead atoms. The van der Waals surface area contributed by atoms with Crippen LogP contribution in [0, 0.1) is 0 Å². The first kappa shape index (κ1) is 58.6. The molecule has 0 radical (unpaired) electrons. The van der Waals surface area contributed by atoms with Crippen LogP contribution < -0.4 is 18.9 Å². The highest BCUT2D eigenvalue weighted by Crippen LogP contribution is 2.56. The molecule has 0 saturated carbocycles. The summed E-state index contributed by atoms with van der Waals surface area (Å²) < 4.78 is 167. The number of halogens is 6. The molecule has 0 N–H and O–H groups in total. The average molecular weight is 1140 g/mol. The van der Waals surface area contributed by atoms with E-state index in [4.69, 9.17) is 18.9 Å². The zero-order valence-electron chi connectivity index (χ0n) is 45.2. The van der Waals surface area contributed by atoms with E-state index in [1.165, 1.54) is 48.5 Å². The van der Waals surface area contributed by atoms with Gasteiger partial charge in [-0.1, -0.05) is 100 Å². The Kier molecular flexibility index (Phi) is 16.5. The Morgan fingerprint density at radius 3 is 1.04 bits per heavy atom. The number of hydrogen-bond donors (Lipinski definition) is 0. The molecule has 80 heavy (non-hydrogen) atoms. The van der Waals surface area contributed by atoms with Gasteiger partial charge in [-0.25, -0.2) is 16.8 Å². The molecular weight excluding hydrogens is 1070 g/mol. The smallest absolute Gasteiger partial charge is 0.411 e. The van der Waals surface area contributed by atoms with Crippen molar-refractivity contribution in [1.82, 2.24) is 0 Å². The van der Waals surface area contributed by atoms with Gasteiger partial charge in [-0.2, -0.15) is 26.3 Å². The zero-order chi connectivity index (χ0) is 58.1. The topological polar surface area (TPSA) is 105 Å². The maximum absolute atomic E-state index is 14.8. The molecule has 8 aromatic carbocycles. The molecule has 0 aliphatic heterocycles. The van der Waals surface area contributed by atoms with Crippen molar-refractivity contribution in [1.29, 1.82) is 0 Å². The Bertz CT molecular complexity index is 3610. The highest BCUT2D eigenvalue weighted by Gasteiger charge is 2.72. The maximum atomic E-state index is 14.8. The summed E-state index contributed by atoms with van der Waals surface area (Å²) in [4.78, 5) is 0.343. The molecule has 8 rings (SSSR count). The Balaban J connectivity index is 0.893. The predicted octanol–water partition coefficient (Wildman–Crippen LogP) is 17.5. The second kappa shape index (κ2) is 22.5. The van der Waals surface area contributed by atoms with Crippen molar-refractivity contribution >= 4 is 19.7 Å². The number of benzene rings is 8. The first-order valence-electron chi connectivity index (χ1n) is 25.8. The average Bonchev–Trinajstić information content (AvgIpc) is 3.49. The van der Waals surface area contributed by atoms with Gasteiger partial charge in [-0.05, 0) is 195 Å². The SMILES string of the molecule is CCC(C)(c1ccc(S(=O)(=O)c2ccc(Oc3ccc(C(c4ccc(OC(C)C)cc4)(C(F)(F)F)C(F)(F)F)cc3)cc2)cc1)C(C)(C)Oc1ccc(-c2ccc(Oc3ccc(S(=O)(=O)c4ccc(C(C)C)cc4)cc3)cc2)cc1. The second-order valence-electron chi connectivity index (χ2n) is 20.7. The molecule has 0 saturated heterocycles. The monoisotopic (exact) mass is 1130 g/mol. The first-order chi connectivity index (χ1) is 37.6. The third-order valence-corrected chi connectivity index (χ3v) is 18.2. The van der Waals surface area contributed by atoms with Crippen LogP contribution in [0.3, 0.4) is 0 Å². The van der Waals surface area contributed by atoms with E-state index in [0.717, 1.165) is 58.7 Å².